The first-order valence-electron chi connectivity index (χ1n) is 10.5. The smallest absolute Gasteiger partial charge is 0.233 e. The van der Waals surface area contributed by atoms with Gasteiger partial charge in [0.25, 0.3) is 0 Å². The van der Waals surface area contributed by atoms with Crippen LogP contribution in [0.2, 0.25) is 0 Å². The topological polar surface area (TPSA) is 103 Å². The van der Waals surface area contributed by atoms with Crippen LogP contribution in [-0.2, 0) is 20.9 Å². The average molecular weight is 448 g/mol. The van der Waals surface area contributed by atoms with Crippen LogP contribution in [0.3, 0.4) is 0 Å². The van der Waals surface area contributed by atoms with E-state index in [9.17, 15) is 14.0 Å². The Labute approximate surface area is 184 Å². The third-order valence-electron chi connectivity index (χ3n) is 5.73. The van der Waals surface area contributed by atoms with Crippen molar-refractivity contribution in [3.63, 3.8) is 0 Å². The van der Waals surface area contributed by atoms with Crippen LogP contribution in [0, 0.1) is 11.7 Å². The summed E-state index contributed by atoms with van der Waals surface area (Å²) >= 11 is 1.31. The fourth-order valence-electron chi connectivity index (χ4n) is 4.02. The monoisotopic (exact) mass is 447 g/mol. The molecule has 2 N–H and O–H groups in total. The first kappa shape index (κ1) is 21.8. The minimum absolute atomic E-state index is 0.0500. The lowest BCUT2D eigenvalue weighted by molar-refractivity contribution is -0.132. The molecular weight excluding hydrogens is 421 g/mol. The van der Waals surface area contributed by atoms with Gasteiger partial charge in [0.15, 0.2) is 11.0 Å². The van der Waals surface area contributed by atoms with Gasteiger partial charge in [-0.1, -0.05) is 11.8 Å². The number of carbonyl (C=O) groups excluding carboxylic acids is 2. The van der Waals surface area contributed by atoms with Gasteiger partial charge < -0.3 is 15.4 Å². The second kappa shape index (κ2) is 9.78. The number of nitrogens with zero attached hydrogens (tertiary/aromatic N) is 4. The molecule has 2 aliphatic heterocycles. The molecule has 0 saturated carbocycles. The molecule has 2 atom stereocenters. The molecule has 0 unspecified atom stereocenters. The number of benzene rings is 1. The lowest BCUT2D eigenvalue weighted by Crippen LogP contribution is -2.44. The zero-order valence-corrected chi connectivity index (χ0v) is 18.0. The summed E-state index contributed by atoms with van der Waals surface area (Å²) in [5.74, 6) is -0.187. The Balaban J connectivity index is 1.48. The third kappa shape index (κ3) is 5.24. The minimum atomic E-state index is -0.356. The fraction of sp³-hybridized carbons (Fsp3) is 0.524. The average Bonchev–Trinajstić information content (AvgIpc) is 3.43. The summed E-state index contributed by atoms with van der Waals surface area (Å²) in [6.45, 7) is 2.31. The number of likely N-dealkylation sites (tertiary alicyclic amines) is 1. The fourth-order valence-corrected chi connectivity index (χ4v) is 4.87. The maximum absolute atomic E-state index is 13.4. The first-order valence-corrected chi connectivity index (χ1v) is 11.5. The first-order chi connectivity index (χ1) is 15.0. The Bertz CT molecular complexity index is 930. The number of halogens is 1. The van der Waals surface area contributed by atoms with Crippen LogP contribution in [0.25, 0.3) is 11.4 Å². The highest BCUT2D eigenvalue weighted by atomic mass is 32.2. The predicted octanol–water partition coefficient (Wildman–Crippen LogP) is 2.08. The predicted molar refractivity (Wildman–Crippen MR) is 114 cm³/mol. The number of hydrogen-bond acceptors (Lipinski definition) is 6. The molecule has 1 aromatic carbocycles. The molecule has 3 heterocycles. The van der Waals surface area contributed by atoms with E-state index < -0.39 is 0 Å². The largest absolute Gasteiger partial charge is 0.376 e. The molecule has 10 heteroatoms. The second-order valence-electron chi connectivity index (χ2n) is 7.93. The van der Waals surface area contributed by atoms with E-state index in [0.717, 1.165) is 37.9 Å². The molecule has 2 fully saturated rings. The van der Waals surface area contributed by atoms with Crippen molar-refractivity contribution in [3.8, 4) is 11.4 Å². The Morgan fingerprint density at radius 2 is 2.00 bits per heavy atom. The summed E-state index contributed by atoms with van der Waals surface area (Å²) in [7, 11) is 0. The standard InChI is InChI=1S/C21H26FN5O3S/c22-16-7-5-14(6-8-16)20-24-25-21(27(20)12-17-4-2-10-30-17)31-13-18(28)26-9-1-3-15(11-26)19(23)29/h5-8,15,17H,1-4,9-13H2,(H2,23,29)/t15-,17-/m0/s1. The SMILES string of the molecule is NC(=O)[C@H]1CCCN(C(=O)CSc2nnc(-c3ccc(F)cc3)n2C[C@@H]2CCCO2)C1. The maximum atomic E-state index is 13.4. The Hall–Kier alpha value is -2.46. The van der Waals surface area contributed by atoms with Gasteiger partial charge in [0.2, 0.25) is 11.8 Å². The summed E-state index contributed by atoms with van der Waals surface area (Å²) < 4.78 is 21.1. The van der Waals surface area contributed by atoms with Gasteiger partial charge in [0, 0.05) is 25.3 Å². The number of ether oxygens (including phenoxy) is 1. The molecule has 31 heavy (non-hydrogen) atoms. The van der Waals surface area contributed by atoms with Crippen molar-refractivity contribution < 1.29 is 18.7 Å². The minimum Gasteiger partial charge on any atom is -0.376 e. The molecule has 4 rings (SSSR count). The van der Waals surface area contributed by atoms with E-state index in [0.29, 0.717) is 30.6 Å². The normalized spacial score (nSPS) is 21.4. The van der Waals surface area contributed by atoms with Crippen molar-refractivity contribution in [1.29, 1.82) is 0 Å². The van der Waals surface area contributed by atoms with Crippen LogP contribution in [-0.4, -0.2) is 63.0 Å². The van der Waals surface area contributed by atoms with Crippen LogP contribution in [0.1, 0.15) is 25.7 Å². The van der Waals surface area contributed by atoms with E-state index in [4.69, 9.17) is 10.5 Å². The molecule has 0 spiro atoms. The zero-order valence-electron chi connectivity index (χ0n) is 17.2. The maximum Gasteiger partial charge on any atom is 0.233 e. The van der Waals surface area contributed by atoms with Crippen LogP contribution in [0.15, 0.2) is 29.4 Å². The second-order valence-corrected chi connectivity index (χ2v) is 8.87. The Kier molecular flexibility index (Phi) is 6.86. The van der Waals surface area contributed by atoms with Gasteiger partial charge in [-0.2, -0.15) is 0 Å². The van der Waals surface area contributed by atoms with Gasteiger partial charge in [-0.15, -0.1) is 10.2 Å². The Morgan fingerprint density at radius 1 is 1.19 bits per heavy atom. The lowest BCUT2D eigenvalue weighted by Gasteiger charge is -2.31. The summed E-state index contributed by atoms with van der Waals surface area (Å²) in [4.78, 5) is 25.9. The Morgan fingerprint density at radius 3 is 2.71 bits per heavy atom. The number of carbonyl (C=O) groups is 2. The van der Waals surface area contributed by atoms with Gasteiger partial charge in [0.05, 0.1) is 24.3 Å². The van der Waals surface area contributed by atoms with E-state index >= 15 is 0 Å². The van der Waals surface area contributed by atoms with Crippen LogP contribution >= 0.6 is 11.8 Å². The summed E-state index contributed by atoms with van der Waals surface area (Å²) in [5.41, 5.74) is 6.18. The van der Waals surface area contributed by atoms with Crippen molar-refractivity contribution in [2.45, 2.75) is 43.5 Å². The quantitative estimate of drug-likeness (QED) is 0.652. The molecule has 2 saturated heterocycles. The highest BCUT2D eigenvalue weighted by Gasteiger charge is 2.28. The number of nitrogens with two attached hydrogens (primary N) is 1. The highest BCUT2D eigenvalue weighted by molar-refractivity contribution is 7.99. The van der Waals surface area contributed by atoms with E-state index in [2.05, 4.69) is 10.2 Å². The van der Waals surface area contributed by atoms with Gasteiger partial charge in [-0.3, -0.25) is 14.2 Å². The molecule has 2 aromatic rings. The molecule has 0 aliphatic carbocycles. The molecule has 2 aliphatic rings. The number of thioether (sulfide) groups is 1. The van der Waals surface area contributed by atoms with E-state index in [1.807, 2.05) is 4.57 Å². The molecule has 2 amide bonds. The molecule has 166 valence electrons. The van der Waals surface area contributed by atoms with E-state index in [1.54, 1.807) is 17.0 Å². The number of aromatic nitrogens is 3. The molecule has 0 radical (unpaired) electrons. The number of amides is 2. The van der Waals surface area contributed by atoms with Gasteiger partial charge >= 0.3 is 0 Å². The van der Waals surface area contributed by atoms with Crippen LogP contribution in [0.4, 0.5) is 4.39 Å². The van der Waals surface area contributed by atoms with Crippen molar-refractivity contribution in [2.24, 2.45) is 11.7 Å². The number of rotatable bonds is 7. The van der Waals surface area contributed by atoms with Gasteiger partial charge in [-0.25, -0.2) is 4.39 Å². The van der Waals surface area contributed by atoms with Gasteiger partial charge in [0.1, 0.15) is 5.82 Å². The number of hydrogen-bond donors (Lipinski definition) is 1. The van der Waals surface area contributed by atoms with E-state index in [-0.39, 0.29) is 35.4 Å². The van der Waals surface area contributed by atoms with Crippen molar-refractivity contribution in [3.05, 3.63) is 30.1 Å². The van der Waals surface area contributed by atoms with E-state index in [1.165, 1.54) is 23.9 Å². The molecule has 1 aromatic heterocycles. The third-order valence-corrected chi connectivity index (χ3v) is 6.68. The number of piperidine rings is 1. The summed E-state index contributed by atoms with van der Waals surface area (Å²) in [6, 6.07) is 6.12. The van der Waals surface area contributed by atoms with Crippen LogP contribution in [0.5, 0.6) is 0 Å². The summed E-state index contributed by atoms with van der Waals surface area (Å²) in [6.07, 6.45) is 3.52. The molecular formula is C21H26FN5O3S. The summed E-state index contributed by atoms with van der Waals surface area (Å²) in [5, 5.41) is 9.23. The molecule has 0 bridgehead atoms. The molecule has 8 nitrogen and oxygen atoms in total. The zero-order chi connectivity index (χ0) is 21.8. The highest BCUT2D eigenvalue weighted by Crippen LogP contribution is 2.27. The lowest BCUT2D eigenvalue weighted by atomic mass is 9.97. The van der Waals surface area contributed by atoms with Crippen LogP contribution < -0.4 is 5.73 Å². The van der Waals surface area contributed by atoms with Crippen molar-refractivity contribution in [1.82, 2.24) is 19.7 Å². The van der Waals surface area contributed by atoms with Gasteiger partial charge in [-0.05, 0) is 49.9 Å². The van der Waals surface area contributed by atoms with Crippen molar-refractivity contribution >= 4 is 23.6 Å². The van der Waals surface area contributed by atoms with Crippen molar-refractivity contribution in [2.75, 3.05) is 25.4 Å². The number of primary amides is 1.